The minimum absolute atomic E-state index is 0.442. The van der Waals surface area contributed by atoms with Crippen LogP contribution in [-0.4, -0.2) is 5.97 Å². The van der Waals surface area contributed by atoms with Gasteiger partial charge in [-0.1, -0.05) is 48.5 Å². The van der Waals surface area contributed by atoms with Gasteiger partial charge >= 0.3 is 5.97 Å². The molecule has 2 aromatic rings. The lowest BCUT2D eigenvalue weighted by atomic mass is 10.1. The topological polar surface area (TPSA) is 35.5 Å². The van der Waals surface area contributed by atoms with Gasteiger partial charge in [-0.2, -0.15) is 0 Å². The summed E-state index contributed by atoms with van der Waals surface area (Å²) in [4.78, 5) is 12.0. The van der Waals surface area contributed by atoms with Gasteiger partial charge in [-0.3, -0.25) is 0 Å². The summed E-state index contributed by atoms with van der Waals surface area (Å²) in [6, 6.07) is 18.1. The molecule has 0 fully saturated rings. The maximum atomic E-state index is 12.0. The second-order valence-corrected chi connectivity index (χ2v) is 3.93. The van der Waals surface area contributed by atoms with Gasteiger partial charge in [-0.25, -0.2) is 4.79 Å². The molecule has 0 aliphatic rings. The van der Waals surface area contributed by atoms with Gasteiger partial charge in [0, 0.05) is 9.47 Å². The predicted octanol–water partition coefficient (Wildman–Crippen LogP) is 3.14. The lowest BCUT2D eigenvalue weighted by Crippen LogP contribution is -2.18. The first-order valence-electron chi connectivity index (χ1n) is 5.48. The summed E-state index contributed by atoms with van der Waals surface area (Å²) in [5, 5.41) is 0. The van der Waals surface area contributed by atoms with Crippen LogP contribution in [0.25, 0.3) is 0 Å². The van der Waals surface area contributed by atoms with Crippen LogP contribution in [0.5, 0.6) is 5.75 Å². The van der Waals surface area contributed by atoms with Crippen molar-refractivity contribution < 1.29 is 14.1 Å². The minimum Gasteiger partial charge on any atom is -0.424 e. The number of hydrogen-bond donors (Lipinski definition) is 0. The molecule has 3 nitrogen and oxygen atoms in total. The number of hydrogen-bond acceptors (Lipinski definition) is 3. The highest BCUT2D eigenvalue weighted by molar-refractivity contribution is 7.09. The van der Waals surface area contributed by atoms with Gasteiger partial charge in [0.2, 0.25) is 0 Å². The molecule has 0 saturated carbocycles. The first kappa shape index (κ1) is 12.7. The lowest BCUT2D eigenvalue weighted by Gasteiger charge is -2.14. The normalized spacial score (nSPS) is 11.8. The van der Waals surface area contributed by atoms with E-state index < -0.39 is 12.1 Å². The zero-order valence-electron chi connectivity index (χ0n) is 9.65. The number of esters is 1. The molecular weight excluding hydrogens is 247 g/mol. The van der Waals surface area contributed by atoms with Crippen molar-refractivity contribution >= 4 is 15.4 Å². The molecule has 0 spiro atoms. The van der Waals surface area contributed by atoms with E-state index in [0.717, 1.165) is 5.56 Å². The van der Waals surface area contributed by atoms with Crippen LogP contribution in [0.2, 0.25) is 0 Å². The van der Waals surface area contributed by atoms with Crippen LogP contribution in [0.4, 0.5) is 0 Å². The van der Waals surface area contributed by atoms with Crippen molar-refractivity contribution in [1.82, 2.24) is 0 Å². The van der Waals surface area contributed by atoms with E-state index in [1.165, 1.54) is 0 Å². The Morgan fingerprint density at radius 1 is 0.944 bits per heavy atom. The molecule has 0 N–H and O–H groups in total. The van der Waals surface area contributed by atoms with Crippen molar-refractivity contribution in [3.8, 4) is 5.75 Å². The molecular formula is C14H13O3P. The summed E-state index contributed by atoms with van der Waals surface area (Å²) in [7, 11) is 2.10. The second-order valence-electron chi connectivity index (χ2n) is 3.66. The molecule has 2 unspecified atom stereocenters. The Hall–Kier alpha value is -1.70. The Balaban J connectivity index is 2.12. The molecule has 4 heteroatoms. The smallest absolute Gasteiger partial charge is 0.345 e. The van der Waals surface area contributed by atoms with Gasteiger partial charge in [-0.15, -0.1) is 0 Å². The number of benzene rings is 2. The third-order valence-electron chi connectivity index (χ3n) is 2.41. The van der Waals surface area contributed by atoms with E-state index in [0.29, 0.717) is 5.75 Å². The van der Waals surface area contributed by atoms with Gasteiger partial charge in [0.1, 0.15) is 5.75 Å². The molecule has 2 aromatic carbocycles. The van der Waals surface area contributed by atoms with Crippen LogP contribution in [-0.2, 0) is 9.32 Å². The van der Waals surface area contributed by atoms with Gasteiger partial charge < -0.3 is 9.26 Å². The Labute approximate surface area is 108 Å². The lowest BCUT2D eigenvalue weighted by molar-refractivity contribution is -0.142. The third kappa shape index (κ3) is 3.16. The maximum absolute atomic E-state index is 12.0. The van der Waals surface area contributed by atoms with Crippen LogP contribution in [0.1, 0.15) is 11.7 Å². The molecule has 2 atom stereocenters. The highest BCUT2D eigenvalue weighted by Gasteiger charge is 2.22. The van der Waals surface area contributed by atoms with Crippen LogP contribution >= 0.6 is 9.47 Å². The van der Waals surface area contributed by atoms with E-state index in [2.05, 4.69) is 9.47 Å². The van der Waals surface area contributed by atoms with Crippen LogP contribution in [0.15, 0.2) is 60.7 Å². The molecule has 0 heterocycles. The summed E-state index contributed by atoms with van der Waals surface area (Å²) >= 11 is 0. The summed E-state index contributed by atoms with van der Waals surface area (Å²) in [6.07, 6.45) is -0.739. The average Bonchev–Trinajstić information content (AvgIpc) is 2.42. The van der Waals surface area contributed by atoms with Crippen LogP contribution in [0.3, 0.4) is 0 Å². The Morgan fingerprint density at radius 2 is 1.50 bits per heavy atom. The number of ether oxygens (including phenoxy) is 1. The molecule has 0 radical (unpaired) electrons. The summed E-state index contributed by atoms with van der Waals surface area (Å²) in [5.41, 5.74) is 0.758. The fourth-order valence-corrected chi connectivity index (χ4v) is 1.82. The second kappa shape index (κ2) is 6.29. The SMILES string of the molecule is O=C(Oc1ccccc1)C(OP)c1ccccc1. The molecule has 0 amide bonds. The predicted molar refractivity (Wildman–Crippen MR) is 72.1 cm³/mol. The van der Waals surface area contributed by atoms with Gasteiger partial charge in [0.15, 0.2) is 6.10 Å². The monoisotopic (exact) mass is 260 g/mol. The third-order valence-corrected chi connectivity index (χ3v) is 2.69. The van der Waals surface area contributed by atoms with Crippen molar-refractivity contribution in [1.29, 1.82) is 0 Å². The Kier molecular flexibility index (Phi) is 4.46. The molecule has 18 heavy (non-hydrogen) atoms. The molecule has 0 aliphatic carbocycles. The first-order chi connectivity index (χ1) is 8.81. The molecule has 0 aliphatic heterocycles. The van der Waals surface area contributed by atoms with Gasteiger partial charge in [0.05, 0.1) is 0 Å². The van der Waals surface area contributed by atoms with E-state index in [9.17, 15) is 4.79 Å². The van der Waals surface area contributed by atoms with Gasteiger partial charge in [0.25, 0.3) is 0 Å². The zero-order valence-corrected chi connectivity index (χ0v) is 10.8. The minimum atomic E-state index is -0.739. The van der Waals surface area contributed by atoms with Crippen molar-refractivity contribution in [3.05, 3.63) is 66.2 Å². The standard InChI is InChI=1S/C14H13O3P/c15-14(16-12-9-5-2-6-10-12)13(17-18)11-7-3-1-4-8-11/h1-10,13H,18H2. The molecule has 92 valence electrons. The number of rotatable bonds is 4. The fraction of sp³-hybridized carbons (Fsp3) is 0.0714. The van der Waals surface area contributed by atoms with Crippen molar-refractivity contribution in [2.45, 2.75) is 6.10 Å². The van der Waals surface area contributed by atoms with Gasteiger partial charge in [-0.05, 0) is 17.7 Å². The van der Waals surface area contributed by atoms with Crippen LogP contribution < -0.4 is 4.74 Å². The van der Waals surface area contributed by atoms with E-state index in [4.69, 9.17) is 9.26 Å². The number of para-hydroxylation sites is 1. The summed E-state index contributed by atoms with van der Waals surface area (Å²) in [6.45, 7) is 0. The average molecular weight is 260 g/mol. The zero-order chi connectivity index (χ0) is 12.8. The molecule has 0 bridgehead atoms. The highest BCUT2D eigenvalue weighted by atomic mass is 31.0. The van der Waals surface area contributed by atoms with E-state index in [1.54, 1.807) is 12.1 Å². The highest BCUT2D eigenvalue weighted by Crippen LogP contribution is 2.22. The molecule has 2 rings (SSSR count). The first-order valence-corrected chi connectivity index (χ1v) is 5.95. The summed E-state index contributed by atoms with van der Waals surface area (Å²) < 4.78 is 10.4. The van der Waals surface area contributed by atoms with Crippen molar-refractivity contribution in [2.24, 2.45) is 0 Å². The van der Waals surface area contributed by atoms with Crippen LogP contribution in [0, 0.1) is 0 Å². The molecule has 0 aromatic heterocycles. The van der Waals surface area contributed by atoms with Crippen molar-refractivity contribution in [3.63, 3.8) is 0 Å². The Bertz CT molecular complexity index is 499. The van der Waals surface area contributed by atoms with E-state index in [1.807, 2.05) is 48.5 Å². The van der Waals surface area contributed by atoms with E-state index in [-0.39, 0.29) is 0 Å². The number of carbonyl (C=O) groups is 1. The largest absolute Gasteiger partial charge is 0.424 e. The summed E-state index contributed by atoms with van der Waals surface area (Å²) in [5.74, 6) is 0.0629. The Morgan fingerprint density at radius 3 is 2.06 bits per heavy atom. The number of carbonyl (C=O) groups excluding carboxylic acids is 1. The quantitative estimate of drug-likeness (QED) is 0.481. The van der Waals surface area contributed by atoms with E-state index >= 15 is 0 Å². The molecule has 0 saturated heterocycles. The maximum Gasteiger partial charge on any atom is 0.345 e. The fourth-order valence-electron chi connectivity index (χ4n) is 1.56. The van der Waals surface area contributed by atoms with Crippen molar-refractivity contribution in [2.75, 3.05) is 0 Å².